The smallest absolute Gasteiger partial charge is 0.225 e. The molecule has 0 fully saturated rings. The highest BCUT2D eigenvalue weighted by Crippen LogP contribution is 2.20. The zero-order chi connectivity index (χ0) is 15.7. The number of hydrogen-bond acceptors (Lipinski definition) is 2. The molecule has 0 aliphatic heterocycles. The van der Waals surface area contributed by atoms with Gasteiger partial charge in [-0.2, -0.15) is 0 Å². The molecule has 1 N–H and O–H groups in total. The van der Waals surface area contributed by atoms with Crippen LogP contribution in [0, 0.1) is 0 Å². The third-order valence-corrected chi connectivity index (χ3v) is 3.88. The Morgan fingerprint density at radius 2 is 1.95 bits per heavy atom. The molecule has 0 heterocycles. The van der Waals surface area contributed by atoms with Crippen LogP contribution < -0.4 is 5.32 Å². The summed E-state index contributed by atoms with van der Waals surface area (Å²) in [6, 6.07) is 7.79. The lowest BCUT2D eigenvalue weighted by atomic mass is 10.2. The maximum absolute atomic E-state index is 12.0. The topological polar surface area (TPSA) is 32.3 Å². The number of benzene rings is 1. The molecule has 0 atom stereocenters. The molecule has 0 aliphatic carbocycles. The minimum Gasteiger partial charge on any atom is -0.325 e. The van der Waals surface area contributed by atoms with E-state index in [0.717, 1.165) is 13.1 Å². The van der Waals surface area contributed by atoms with Crippen LogP contribution in [0.15, 0.2) is 24.3 Å². The molecule has 0 aromatic heterocycles. The highest BCUT2D eigenvalue weighted by Gasteiger charge is 2.12. The molecule has 1 aromatic carbocycles. The third-order valence-electron chi connectivity index (χ3n) is 3.55. The first-order valence-electron chi connectivity index (χ1n) is 7.83. The number of amides is 1. The van der Waals surface area contributed by atoms with Crippen molar-refractivity contribution in [2.75, 3.05) is 18.4 Å². The SMILES string of the molecule is CCCCCN(CCC(=O)Nc1ccccc1Cl)C(C)C. The van der Waals surface area contributed by atoms with Crippen molar-refractivity contribution in [3.8, 4) is 0 Å². The van der Waals surface area contributed by atoms with Crippen molar-refractivity contribution in [1.29, 1.82) is 0 Å². The first-order valence-corrected chi connectivity index (χ1v) is 8.20. The van der Waals surface area contributed by atoms with Crippen molar-refractivity contribution in [3.05, 3.63) is 29.3 Å². The molecule has 0 saturated carbocycles. The number of carbonyl (C=O) groups is 1. The van der Waals surface area contributed by atoms with Crippen molar-refractivity contribution in [1.82, 2.24) is 4.90 Å². The summed E-state index contributed by atoms with van der Waals surface area (Å²) in [5, 5.41) is 3.45. The van der Waals surface area contributed by atoms with Crippen LogP contribution in [0.25, 0.3) is 0 Å². The fraction of sp³-hybridized carbons (Fsp3) is 0.588. The van der Waals surface area contributed by atoms with E-state index in [1.807, 2.05) is 18.2 Å². The van der Waals surface area contributed by atoms with Gasteiger partial charge < -0.3 is 10.2 Å². The highest BCUT2D eigenvalue weighted by atomic mass is 35.5. The Hall–Kier alpha value is -1.06. The van der Waals surface area contributed by atoms with Gasteiger partial charge in [-0.1, -0.05) is 43.5 Å². The van der Waals surface area contributed by atoms with Crippen LogP contribution in [-0.2, 0) is 4.79 Å². The maximum atomic E-state index is 12.0. The molecule has 1 amide bonds. The molecule has 118 valence electrons. The highest BCUT2D eigenvalue weighted by molar-refractivity contribution is 6.33. The quantitative estimate of drug-likeness (QED) is 0.678. The first-order chi connectivity index (χ1) is 10.0. The molecule has 3 nitrogen and oxygen atoms in total. The average Bonchev–Trinajstić information content (AvgIpc) is 2.44. The number of para-hydroxylation sites is 1. The summed E-state index contributed by atoms with van der Waals surface area (Å²) in [4.78, 5) is 14.4. The molecular weight excluding hydrogens is 284 g/mol. The Morgan fingerprint density at radius 3 is 2.57 bits per heavy atom. The van der Waals surface area contributed by atoms with Gasteiger partial charge in [-0.25, -0.2) is 0 Å². The minimum absolute atomic E-state index is 0.0178. The van der Waals surface area contributed by atoms with Crippen LogP contribution in [0.3, 0.4) is 0 Å². The standard InChI is InChI=1S/C17H27ClN2O/c1-4-5-8-12-20(14(2)3)13-11-17(21)19-16-10-7-6-9-15(16)18/h6-7,9-10,14H,4-5,8,11-13H2,1-3H3,(H,19,21). The van der Waals surface area contributed by atoms with Crippen molar-refractivity contribution >= 4 is 23.2 Å². The molecule has 4 heteroatoms. The maximum Gasteiger partial charge on any atom is 0.225 e. The molecule has 0 bridgehead atoms. The number of rotatable bonds is 9. The normalized spacial score (nSPS) is 11.1. The predicted molar refractivity (Wildman–Crippen MR) is 90.9 cm³/mol. The van der Waals surface area contributed by atoms with E-state index in [1.54, 1.807) is 6.07 Å². The minimum atomic E-state index is 0.0178. The van der Waals surface area contributed by atoms with Crippen LogP contribution >= 0.6 is 11.6 Å². The van der Waals surface area contributed by atoms with E-state index in [1.165, 1.54) is 19.3 Å². The fourth-order valence-corrected chi connectivity index (χ4v) is 2.40. The van der Waals surface area contributed by atoms with Crippen LogP contribution in [0.5, 0.6) is 0 Å². The Balaban J connectivity index is 2.41. The largest absolute Gasteiger partial charge is 0.325 e. The molecule has 0 saturated heterocycles. The lowest BCUT2D eigenvalue weighted by Gasteiger charge is -2.26. The number of unbranched alkanes of at least 4 members (excludes halogenated alkanes) is 2. The van der Waals surface area contributed by atoms with Gasteiger partial charge in [0.2, 0.25) is 5.91 Å². The number of nitrogens with one attached hydrogen (secondary N) is 1. The van der Waals surface area contributed by atoms with E-state index in [2.05, 4.69) is 31.0 Å². The third kappa shape index (κ3) is 6.96. The van der Waals surface area contributed by atoms with E-state index in [0.29, 0.717) is 23.2 Å². The average molecular weight is 311 g/mol. The van der Waals surface area contributed by atoms with Gasteiger partial charge in [0, 0.05) is 19.0 Å². The van der Waals surface area contributed by atoms with Gasteiger partial charge in [-0.15, -0.1) is 0 Å². The van der Waals surface area contributed by atoms with Gasteiger partial charge in [-0.05, 0) is 38.9 Å². The summed E-state index contributed by atoms with van der Waals surface area (Å²) in [7, 11) is 0. The second-order valence-corrected chi connectivity index (χ2v) is 6.02. The van der Waals surface area contributed by atoms with E-state index < -0.39 is 0 Å². The molecule has 21 heavy (non-hydrogen) atoms. The van der Waals surface area contributed by atoms with Crippen LogP contribution in [0.4, 0.5) is 5.69 Å². The molecular formula is C17H27ClN2O. The first kappa shape index (κ1) is 18.0. The molecule has 1 rings (SSSR count). The second kappa shape index (κ2) is 9.80. The van der Waals surface area contributed by atoms with E-state index in [-0.39, 0.29) is 5.91 Å². The Kier molecular flexibility index (Phi) is 8.40. The van der Waals surface area contributed by atoms with Crippen molar-refractivity contribution in [2.24, 2.45) is 0 Å². The lowest BCUT2D eigenvalue weighted by molar-refractivity contribution is -0.116. The van der Waals surface area contributed by atoms with Crippen molar-refractivity contribution in [3.63, 3.8) is 0 Å². The predicted octanol–water partition coefficient (Wildman–Crippen LogP) is 4.57. The summed E-state index contributed by atoms with van der Waals surface area (Å²) < 4.78 is 0. The Bertz CT molecular complexity index is 435. The van der Waals surface area contributed by atoms with E-state index in [9.17, 15) is 4.79 Å². The summed E-state index contributed by atoms with van der Waals surface area (Å²) in [6.45, 7) is 8.41. The monoisotopic (exact) mass is 310 g/mol. The number of carbonyl (C=O) groups excluding carboxylic acids is 1. The van der Waals surface area contributed by atoms with Gasteiger partial charge in [0.25, 0.3) is 0 Å². The summed E-state index contributed by atoms with van der Waals surface area (Å²) >= 11 is 6.04. The van der Waals surface area contributed by atoms with Gasteiger partial charge in [-0.3, -0.25) is 4.79 Å². The Morgan fingerprint density at radius 1 is 1.24 bits per heavy atom. The summed E-state index contributed by atoms with van der Waals surface area (Å²) in [5.41, 5.74) is 0.686. The van der Waals surface area contributed by atoms with Crippen molar-refractivity contribution < 1.29 is 4.79 Å². The van der Waals surface area contributed by atoms with E-state index in [4.69, 9.17) is 11.6 Å². The van der Waals surface area contributed by atoms with Gasteiger partial charge >= 0.3 is 0 Å². The van der Waals surface area contributed by atoms with Crippen LogP contribution in [0.1, 0.15) is 46.5 Å². The molecule has 1 aromatic rings. The Labute approximate surface area is 133 Å². The second-order valence-electron chi connectivity index (χ2n) is 5.61. The summed E-state index contributed by atoms with van der Waals surface area (Å²) in [6.07, 6.45) is 4.16. The molecule has 0 unspecified atom stereocenters. The van der Waals surface area contributed by atoms with Gasteiger partial charge in [0.15, 0.2) is 0 Å². The number of anilines is 1. The van der Waals surface area contributed by atoms with E-state index >= 15 is 0 Å². The van der Waals surface area contributed by atoms with Crippen LogP contribution in [0.2, 0.25) is 5.02 Å². The van der Waals surface area contributed by atoms with Crippen molar-refractivity contribution in [2.45, 2.75) is 52.5 Å². The molecule has 0 aliphatic rings. The van der Waals surface area contributed by atoms with Crippen LogP contribution in [-0.4, -0.2) is 29.9 Å². The number of nitrogens with zero attached hydrogens (tertiary/aromatic N) is 1. The van der Waals surface area contributed by atoms with Gasteiger partial charge in [0.1, 0.15) is 0 Å². The van der Waals surface area contributed by atoms with Gasteiger partial charge in [0.05, 0.1) is 10.7 Å². The zero-order valence-electron chi connectivity index (χ0n) is 13.4. The summed E-state index contributed by atoms with van der Waals surface area (Å²) in [5.74, 6) is 0.0178. The number of halogens is 1. The number of hydrogen-bond donors (Lipinski definition) is 1. The zero-order valence-corrected chi connectivity index (χ0v) is 14.1. The molecule has 0 radical (unpaired) electrons. The lowest BCUT2D eigenvalue weighted by Crippen LogP contribution is -2.34. The molecule has 0 spiro atoms. The fourth-order valence-electron chi connectivity index (χ4n) is 2.21.